The van der Waals surface area contributed by atoms with Gasteiger partial charge in [0.1, 0.15) is 11.4 Å². The lowest BCUT2D eigenvalue weighted by Gasteiger charge is -2.07. The van der Waals surface area contributed by atoms with Crippen LogP contribution >= 0.6 is 0 Å². The van der Waals surface area contributed by atoms with Crippen molar-refractivity contribution in [2.45, 2.75) is 13.3 Å². The van der Waals surface area contributed by atoms with Gasteiger partial charge in [-0.05, 0) is 30.7 Å². The molecule has 0 unspecified atom stereocenters. The topological polar surface area (TPSA) is 47.0 Å². The third-order valence-corrected chi connectivity index (χ3v) is 3.04. The monoisotopic (exact) mass is 259 g/mol. The number of ether oxygens (including phenoxy) is 1. The van der Waals surface area contributed by atoms with Crippen LogP contribution < -0.4 is 10.1 Å². The molecule has 1 aliphatic rings. The second-order valence-corrected chi connectivity index (χ2v) is 4.34. The van der Waals surface area contributed by atoms with E-state index in [9.17, 15) is 4.39 Å². The fourth-order valence-electron chi connectivity index (χ4n) is 2.15. The second-order valence-electron chi connectivity index (χ2n) is 4.34. The molecule has 2 aromatic rings. The summed E-state index contributed by atoms with van der Waals surface area (Å²) in [7, 11) is 0. The van der Waals surface area contributed by atoms with E-state index in [0.29, 0.717) is 24.8 Å². The maximum atomic E-state index is 13.9. The summed E-state index contributed by atoms with van der Waals surface area (Å²) in [6, 6.07) is 5.63. The van der Waals surface area contributed by atoms with Gasteiger partial charge in [0.25, 0.3) is 0 Å². The van der Waals surface area contributed by atoms with E-state index in [2.05, 4.69) is 15.3 Å². The van der Waals surface area contributed by atoms with Crippen LogP contribution in [0.25, 0.3) is 11.3 Å². The Bertz CT molecular complexity index is 616. The molecule has 0 bridgehead atoms. The normalized spacial score (nSPS) is 12.9. The molecule has 0 saturated carbocycles. The molecule has 0 saturated heterocycles. The fraction of sp³-hybridized carbons (Fsp3) is 0.286. The summed E-state index contributed by atoms with van der Waals surface area (Å²) in [6.45, 7) is 3.33. The molecule has 1 aliphatic heterocycles. The molecular weight excluding hydrogens is 245 g/mol. The Hall–Kier alpha value is -2.17. The minimum atomic E-state index is -0.416. The first-order valence-electron chi connectivity index (χ1n) is 6.30. The highest BCUT2D eigenvalue weighted by Gasteiger charge is 2.15. The number of halogens is 1. The van der Waals surface area contributed by atoms with Crippen molar-refractivity contribution in [2.24, 2.45) is 0 Å². The van der Waals surface area contributed by atoms with Crippen molar-refractivity contribution in [3.63, 3.8) is 0 Å². The molecular formula is C14H14FN3O. The van der Waals surface area contributed by atoms with E-state index < -0.39 is 5.82 Å². The Morgan fingerprint density at radius 2 is 2.32 bits per heavy atom. The second kappa shape index (κ2) is 4.84. The zero-order valence-electron chi connectivity index (χ0n) is 10.6. The van der Waals surface area contributed by atoms with Crippen LogP contribution in [0, 0.1) is 5.82 Å². The third-order valence-electron chi connectivity index (χ3n) is 3.04. The molecule has 1 aromatic heterocycles. The van der Waals surface area contributed by atoms with Gasteiger partial charge < -0.3 is 10.1 Å². The van der Waals surface area contributed by atoms with Gasteiger partial charge in [0.15, 0.2) is 5.82 Å². The molecule has 19 heavy (non-hydrogen) atoms. The highest BCUT2D eigenvalue weighted by Crippen LogP contribution is 2.30. The van der Waals surface area contributed by atoms with Crippen molar-refractivity contribution in [1.29, 1.82) is 0 Å². The van der Waals surface area contributed by atoms with Gasteiger partial charge in [0.2, 0.25) is 5.95 Å². The van der Waals surface area contributed by atoms with Gasteiger partial charge in [0.05, 0.1) is 12.8 Å². The number of hydrogen-bond donors (Lipinski definition) is 1. The van der Waals surface area contributed by atoms with Crippen LogP contribution in [0.3, 0.4) is 0 Å². The first-order valence-corrected chi connectivity index (χ1v) is 6.30. The first kappa shape index (κ1) is 11.9. The number of rotatable bonds is 3. The summed E-state index contributed by atoms with van der Waals surface area (Å²) in [5.74, 6) is 0.904. The number of anilines is 1. The third kappa shape index (κ3) is 2.23. The molecule has 98 valence electrons. The number of aromatic nitrogens is 2. The summed E-state index contributed by atoms with van der Waals surface area (Å²) in [4.78, 5) is 8.12. The van der Waals surface area contributed by atoms with E-state index in [4.69, 9.17) is 4.74 Å². The molecule has 0 atom stereocenters. The molecule has 0 spiro atoms. The van der Waals surface area contributed by atoms with Crippen LogP contribution in [0.2, 0.25) is 0 Å². The number of hydrogen-bond acceptors (Lipinski definition) is 4. The zero-order chi connectivity index (χ0) is 13.2. The van der Waals surface area contributed by atoms with Gasteiger partial charge in [-0.1, -0.05) is 0 Å². The van der Waals surface area contributed by atoms with E-state index in [1.54, 1.807) is 0 Å². The maximum Gasteiger partial charge on any atom is 0.223 e. The first-order chi connectivity index (χ1) is 9.28. The van der Waals surface area contributed by atoms with Crippen LogP contribution in [0.1, 0.15) is 12.5 Å². The van der Waals surface area contributed by atoms with Crippen LogP contribution in [0.5, 0.6) is 5.75 Å². The predicted molar refractivity (Wildman–Crippen MR) is 70.8 cm³/mol. The molecule has 0 amide bonds. The number of fused-ring (bicyclic) bond motifs is 1. The number of nitrogens with zero attached hydrogens (tertiary/aromatic N) is 2. The Morgan fingerprint density at radius 3 is 3.16 bits per heavy atom. The molecule has 1 N–H and O–H groups in total. The van der Waals surface area contributed by atoms with Crippen molar-refractivity contribution in [1.82, 2.24) is 9.97 Å². The molecule has 5 heteroatoms. The van der Waals surface area contributed by atoms with E-state index in [0.717, 1.165) is 23.3 Å². The molecule has 0 radical (unpaired) electrons. The predicted octanol–water partition coefficient (Wildman–Crippen LogP) is 2.65. The number of benzene rings is 1. The molecule has 0 fully saturated rings. The van der Waals surface area contributed by atoms with Crippen molar-refractivity contribution in [3.8, 4) is 17.0 Å². The van der Waals surface area contributed by atoms with Crippen LogP contribution in [0.4, 0.5) is 10.3 Å². The highest BCUT2D eigenvalue weighted by molar-refractivity contribution is 5.64. The van der Waals surface area contributed by atoms with Crippen LogP contribution in [-0.2, 0) is 6.42 Å². The van der Waals surface area contributed by atoms with E-state index in [1.807, 2.05) is 25.1 Å². The lowest BCUT2D eigenvalue weighted by atomic mass is 10.1. The summed E-state index contributed by atoms with van der Waals surface area (Å²) in [5, 5.41) is 2.98. The van der Waals surface area contributed by atoms with E-state index in [1.165, 1.54) is 6.20 Å². The Kier molecular flexibility index (Phi) is 3.03. The van der Waals surface area contributed by atoms with E-state index in [-0.39, 0.29) is 0 Å². The summed E-state index contributed by atoms with van der Waals surface area (Å²) in [5.41, 5.74) is 2.17. The Labute approximate surface area is 110 Å². The van der Waals surface area contributed by atoms with Crippen molar-refractivity contribution < 1.29 is 9.13 Å². The maximum absolute atomic E-state index is 13.9. The van der Waals surface area contributed by atoms with Crippen molar-refractivity contribution in [2.75, 3.05) is 18.5 Å². The molecule has 2 heterocycles. The fourth-order valence-corrected chi connectivity index (χ4v) is 2.15. The smallest absolute Gasteiger partial charge is 0.223 e. The number of nitrogens with one attached hydrogen (secondary N) is 1. The molecule has 0 aliphatic carbocycles. The lowest BCUT2D eigenvalue weighted by molar-refractivity contribution is 0.357. The average Bonchev–Trinajstić information content (AvgIpc) is 2.88. The van der Waals surface area contributed by atoms with Gasteiger partial charge in [-0.15, -0.1) is 0 Å². The van der Waals surface area contributed by atoms with Crippen LogP contribution in [-0.4, -0.2) is 23.1 Å². The van der Waals surface area contributed by atoms with Gasteiger partial charge in [-0.25, -0.2) is 14.4 Å². The van der Waals surface area contributed by atoms with E-state index >= 15 is 0 Å². The minimum absolute atomic E-state index is 0.320. The SMILES string of the molecule is CCNc1ncc(F)c(-c2ccc3c(c2)CCO3)n1. The molecule has 3 rings (SSSR count). The quantitative estimate of drug-likeness (QED) is 0.920. The van der Waals surface area contributed by atoms with Gasteiger partial charge in [0, 0.05) is 18.5 Å². The summed E-state index contributed by atoms with van der Waals surface area (Å²) >= 11 is 0. The minimum Gasteiger partial charge on any atom is -0.493 e. The van der Waals surface area contributed by atoms with Gasteiger partial charge in [-0.3, -0.25) is 0 Å². The lowest BCUT2D eigenvalue weighted by Crippen LogP contribution is -2.04. The van der Waals surface area contributed by atoms with Crippen molar-refractivity contribution in [3.05, 3.63) is 35.8 Å². The van der Waals surface area contributed by atoms with Gasteiger partial charge in [-0.2, -0.15) is 0 Å². The summed E-state index contributed by atoms with van der Waals surface area (Å²) in [6.07, 6.45) is 2.06. The average molecular weight is 259 g/mol. The van der Waals surface area contributed by atoms with Crippen molar-refractivity contribution >= 4 is 5.95 Å². The Balaban J connectivity index is 2.03. The molecule has 1 aromatic carbocycles. The Morgan fingerprint density at radius 1 is 1.42 bits per heavy atom. The van der Waals surface area contributed by atoms with Gasteiger partial charge >= 0.3 is 0 Å². The van der Waals surface area contributed by atoms with Crippen LogP contribution in [0.15, 0.2) is 24.4 Å². The molecule has 4 nitrogen and oxygen atoms in total. The summed E-state index contributed by atoms with van der Waals surface area (Å²) < 4.78 is 19.3. The highest BCUT2D eigenvalue weighted by atomic mass is 19.1. The standard InChI is InChI=1S/C14H14FN3O/c1-2-16-14-17-8-11(15)13(18-14)10-3-4-12-9(7-10)5-6-19-12/h3-4,7-8H,2,5-6H2,1H3,(H,16,17,18). The largest absolute Gasteiger partial charge is 0.493 e. The zero-order valence-corrected chi connectivity index (χ0v) is 10.6.